The van der Waals surface area contributed by atoms with Gasteiger partial charge in [-0.2, -0.15) is 0 Å². The number of hydrogen-bond donors (Lipinski definition) is 0. The van der Waals surface area contributed by atoms with E-state index in [-0.39, 0.29) is 6.79 Å². The molecule has 94 valence electrons. The van der Waals surface area contributed by atoms with Crippen molar-refractivity contribution in [2.24, 2.45) is 0 Å². The predicted octanol–water partition coefficient (Wildman–Crippen LogP) is 4.26. The van der Waals surface area contributed by atoms with Crippen LogP contribution in [0.1, 0.15) is 0 Å². The van der Waals surface area contributed by atoms with Crippen LogP contribution in [0, 0.1) is 0 Å². The van der Waals surface area contributed by atoms with Crippen molar-refractivity contribution in [1.82, 2.24) is 0 Å². The lowest BCUT2D eigenvalue weighted by molar-refractivity contribution is 0.121. The fourth-order valence-corrected chi connectivity index (χ4v) is 2.00. The molecule has 0 bridgehead atoms. The first kappa shape index (κ1) is 11.6. The van der Waals surface area contributed by atoms with Gasteiger partial charge in [-0.15, -0.1) is 0 Å². The summed E-state index contributed by atoms with van der Waals surface area (Å²) >= 11 is 0. The van der Waals surface area contributed by atoms with Gasteiger partial charge in [0.05, 0.1) is 0 Å². The molecule has 0 aromatic heterocycles. The molecule has 0 spiro atoms. The van der Waals surface area contributed by atoms with E-state index in [9.17, 15) is 0 Å². The molecule has 2 heteroatoms. The number of fused-ring (bicyclic) bond motifs is 1. The zero-order valence-electron chi connectivity index (χ0n) is 10.5. The van der Waals surface area contributed by atoms with Gasteiger partial charge < -0.3 is 9.47 Å². The van der Waals surface area contributed by atoms with Crippen molar-refractivity contribution in [3.05, 3.63) is 72.8 Å². The Morgan fingerprint density at radius 1 is 0.632 bits per heavy atom. The van der Waals surface area contributed by atoms with Gasteiger partial charge in [-0.3, -0.25) is 0 Å². The SMILES string of the molecule is c1ccc(OCOc2cccc3ccccc23)cc1. The Balaban J connectivity index is 1.72. The van der Waals surface area contributed by atoms with Crippen molar-refractivity contribution in [1.29, 1.82) is 0 Å². The summed E-state index contributed by atoms with van der Waals surface area (Å²) in [5, 5.41) is 2.27. The third kappa shape index (κ3) is 2.68. The molecule has 0 unspecified atom stereocenters. The van der Waals surface area contributed by atoms with Crippen molar-refractivity contribution in [2.75, 3.05) is 6.79 Å². The number of rotatable bonds is 4. The maximum Gasteiger partial charge on any atom is 0.230 e. The van der Waals surface area contributed by atoms with Gasteiger partial charge in [0, 0.05) is 5.39 Å². The Bertz CT molecular complexity index is 657. The van der Waals surface area contributed by atoms with E-state index in [1.54, 1.807) is 0 Å². The molecule has 0 aliphatic rings. The van der Waals surface area contributed by atoms with Crippen molar-refractivity contribution in [2.45, 2.75) is 0 Å². The summed E-state index contributed by atoms with van der Waals surface area (Å²) in [7, 11) is 0. The van der Waals surface area contributed by atoms with E-state index in [2.05, 4.69) is 12.1 Å². The molecule has 0 saturated carbocycles. The summed E-state index contributed by atoms with van der Waals surface area (Å²) in [6, 6.07) is 23.8. The lowest BCUT2D eigenvalue weighted by atomic mass is 10.1. The minimum Gasteiger partial charge on any atom is -0.458 e. The van der Waals surface area contributed by atoms with Gasteiger partial charge in [-0.1, -0.05) is 54.6 Å². The normalized spacial score (nSPS) is 10.3. The van der Waals surface area contributed by atoms with E-state index in [4.69, 9.17) is 9.47 Å². The molecule has 0 atom stereocenters. The number of hydrogen-bond acceptors (Lipinski definition) is 2. The smallest absolute Gasteiger partial charge is 0.230 e. The van der Waals surface area contributed by atoms with Gasteiger partial charge >= 0.3 is 0 Å². The Hall–Kier alpha value is -2.48. The Morgan fingerprint density at radius 3 is 2.26 bits per heavy atom. The fraction of sp³-hybridized carbons (Fsp3) is 0.0588. The van der Waals surface area contributed by atoms with Gasteiger partial charge in [0.25, 0.3) is 0 Å². The lowest BCUT2D eigenvalue weighted by Crippen LogP contribution is -2.05. The quantitative estimate of drug-likeness (QED) is 0.644. The number of benzene rings is 3. The Morgan fingerprint density at radius 2 is 1.37 bits per heavy atom. The second kappa shape index (κ2) is 5.44. The van der Waals surface area contributed by atoms with E-state index in [1.165, 1.54) is 5.39 Å². The van der Waals surface area contributed by atoms with Crippen LogP contribution in [-0.2, 0) is 0 Å². The molecule has 0 aliphatic heterocycles. The molecule has 3 aromatic rings. The van der Waals surface area contributed by atoms with Crippen LogP contribution < -0.4 is 9.47 Å². The fourth-order valence-electron chi connectivity index (χ4n) is 2.00. The second-order valence-corrected chi connectivity index (χ2v) is 4.20. The largest absolute Gasteiger partial charge is 0.458 e. The summed E-state index contributed by atoms with van der Waals surface area (Å²) in [5.74, 6) is 1.65. The maximum absolute atomic E-state index is 5.70. The molecule has 0 radical (unpaired) electrons. The molecule has 3 aromatic carbocycles. The highest BCUT2D eigenvalue weighted by Crippen LogP contribution is 2.25. The molecule has 19 heavy (non-hydrogen) atoms. The van der Waals surface area contributed by atoms with Crippen LogP contribution in [0.2, 0.25) is 0 Å². The summed E-state index contributed by atoms with van der Waals surface area (Å²) in [5.41, 5.74) is 0. The van der Waals surface area contributed by atoms with Gasteiger partial charge in [-0.25, -0.2) is 0 Å². The minimum atomic E-state index is 0.206. The van der Waals surface area contributed by atoms with Crippen LogP contribution in [0.3, 0.4) is 0 Å². The lowest BCUT2D eigenvalue weighted by Gasteiger charge is -2.10. The first-order valence-electron chi connectivity index (χ1n) is 6.22. The molecule has 3 rings (SSSR count). The van der Waals surface area contributed by atoms with E-state index in [0.717, 1.165) is 16.9 Å². The van der Waals surface area contributed by atoms with E-state index < -0.39 is 0 Å². The molecular weight excluding hydrogens is 236 g/mol. The Labute approximate surface area is 112 Å². The topological polar surface area (TPSA) is 18.5 Å². The highest BCUT2D eigenvalue weighted by molar-refractivity contribution is 5.88. The summed E-state index contributed by atoms with van der Waals surface area (Å²) in [6.45, 7) is 0.206. The average Bonchev–Trinajstić information content (AvgIpc) is 2.49. The highest BCUT2D eigenvalue weighted by Gasteiger charge is 2.01. The summed E-state index contributed by atoms with van der Waals surface area (Å²) in [4.78, 5) is 0. The molecule has 0 amide bonds. The van der Waals surface area contributed by atoms with Gasteiger partial charge in [-0.05, 0) is 23.6 Å². The zero-order valence-corrected chi connectivity index (χ0v) is 10.5. The number of para-hydroxylation sites is 1. The van der Waals surface area contributed by atoms with Crippen molar-refractivity contribution in [3.8, 4) is 11.5 Å². The van der Waals surface area contributed by atoms with Crippen molar-refractivity contribution >= 4 is 10.8 Å². The van der Waals surface area contributed by atoms with Crippen LogP contribution >= 0.6 is 0 Å². The first-order valence-corrected chi connectivity index (χ1v) is 6.22. The average molecular weight is 250 g/mol. The summed E-state index contributed by atoms with van der Waals surface area (Å²) < 4.78 is 11.2. The molecule has 2 nitrogen and oxygen atoms in total. The Kier molecular flexibility index (Phi) is 3.32. The predicted molar refractivity (Wildman–Crippen MR) is 76.5 cm³/mol. The van der Waals surface area contributed by atoms with Gasteiger partial charge in [0.15, 0.2) is 0 Å². The highest BCUT2D eigenvalue weighted by atomic mass is 16.7. The van der Waals surface area contributed by atoms with E-state index in [1.807, 2.05) is 60.7 Å². The number of ether oxygens (including phenoxy) is 2. The molecule has 0 N–H and O–H groups in total. The molecule has 0 fully saturated rings. The van der Waals surface area contributed by atoms with Gasteiger partial charge in [0.2, 0.25) is 6.79 Å². The molecule has 0 heterocycles. The summed E-state index contributed by atoms with van der Waals surface area (Å²) in [6.07, 6.45) is 0. The molecular formula is C17H14O2. The van der Waals surface area contributed by atoms with E-state index in [0.29, 0.717) is 0 Å². The molecule has 0 aliphatic carbocycles. The van der Waals surface area contributed by atoms with Crippen LogP contribution in [-0.4, -0.2) is 6.79 Å². The van der Waals surface area contributed by atoms with Crippen molar-refractivity contribution in [3.63, 3.8) is 0 Å². The third-order valence-electron chi connectivity index (χ3n) is 2.93. The maximum atomic E-state index is 5.70. The van der Waals surface area contributed by atoms with Crippen molar-refractivity contribution < 1.29 is 9.47 Å². The monoisotopic (exact) mass is 250 g/mol. The van der Waals surface area contributed by atoms with Crippen LogP contribution in [0.5, 0.6) is 11.5 Å². The minimum absolute atomic E-state index is 0.206. The van der Waals surface area contributed by atoms with Gasteiger partial charge in [0.1, 0.15) is 11.5 Å². The first-order chi connectivity index (χ1) is 9.43. The van der Waals surface area contributed by atoms with Crippen LogP contribution in [0.25, 0.3) is 10.8 Å². The van der Waals surface area contributed by atoms with E-state index >= 15 is 0 Å². The third-order valence-corrected chi connectivity index (χ3v) is 2.93. The van der Waals surface area contributed by atoms with Crippen LogP contribution in [0.15, 0.2) is 72.8 Å². The van der Waals surface area contributed by atoms with Crippen LogP contribution in [0.4, 0.5) is 0 Å². The second-order valence-electron chi connectivity index (χ2n) is 4.20. The molecule has 0 saturated heterocycles. The zero-order chi connectivity index (χ0) is 12.9. The standard InChI is InChI=1S/C17H14O2/c1-2-9-15(10-3-1)18-13-19-17-12-6-8-14-7-4-5-11-16(14)17/h1-12H,13H2.